The Kier molecular flexibility index (Phi) is 6.01. The van der Waals surface area contributed by atoms with E-state index in [0.717, 1.165) is 4.47 Å². The van der Waals surface area contributed by atoms with Crippen LogP contribution in [0.25, 0.3) is 0 Å². The average molecular weight is 461 g/mol. The molecule has 28 heavy (non-hydrogen) atoms. The number of carbonyl (C=O) groups is 1. The maximum Gasteiger partial charge on any atom is 0.261 e. The van der Waals surface area contributed by atoms with Gasteiger partial charge in [0, 0.05) is 15.7 Å². The van der Waals surface area contributed by atoms with Crippen LogP contribution in [0, 0.1) is 0 Å². The minimum absolute atomic E-state index is 0.000388. The molecule has 0 radical (unpaired) electrons. The molecule has 144 valence electrons. The van der Waals surface area contributed by atoms with Gasteiger partial charge in [0.2, 0.25) is 0 Å². The van der Waals surface area contributed by atoms with Crippen molar-refractivity contribution in [3.05, 3.63) is 82.8 Å². The number of nitrogens with one attached hydrogen (secondary N) is 2. The van der Waals surface area contributed by atoms with E-state index in [2.05, 4.69) is 26.0 Å². The number of sulfonamides is 1. The predicted molar refractivity (Wildman–Crippen MR) is 112 cm³/mol. The standard InChI is InChI=1S/C20H17BrN2O4S/c1-27-19-12-11-17(28(25,26)23-16-9-7-15(21)8-10-16)13-18(19)22-20(24)14-5-3-2-4-6-14/h2-13,23H,1H3,(H,22,24). The molecule has 6 nitrogen and oxygen atoms in total. The smallest absolute Gasteiger partial charge is 0.261 e. The molecular weight excluding hydrogens is 444 g/mol. The molecule has 3 rings (SSSR count). The van der Waals surface area contributed by atoms with E-state index in [1.54, 1.807) is 54.6 Å². The molecular formula is C20H17BrN2O4S. The molecule has 0 fully saturated rings. The number of rotatable bonds is 6. The van der Waals surface area contributed by atoms with Gasteiger partial charge in [-0.05, 0) is 54.6 Å². The molecule has 0 spiro atoms. The van der Waals surface area contributed by atoms with Gasteiger partial charge in [0.05, 0.1) is 17.7 Å². The molecule has 0 aromatic heterocycles. The molecule has 0 unspecified atom stereocenters. The molecule has 0 atom stereocenters. The summed E-state index contributed by atoms with van der Waals surface area (Å²) in [4.78, 5) is 12.4. The number of halogens is 1. The van der Waals surface area contributed by atoms with Crippen molar-refractivity contribution in [3.8, 4) is 5.75 Å². The van der Waals surface area contributed by atoms with Gasteiger partial charge in [0.15, 0.2) is 0 Å². The topological polar surface area (TPSA) is 84.5 Å². The van der Waals surface area contributed by atoms with Gasteiger partial charge in [-0.3, -0.25) is 9.52 Å². The fourth-order valence-electron chi connectivity index (χ4n) is 2.47. The lowest BCUT2D eigenvalue weighted by Gasteiger charge is -2.13. The molecule has 2 N–H and O–H groups in total. The lowest BCUT2D eigenvalue weighted by atomic mass is 10.2. The molecule has 0 aliphatic heterocycles. The molecule has 8 heteroatoms. The third-order valence-electron chi connectivity index (χ3n) is 3.86. The van der Waals surface area contributed by atoms with Crippen molar-refractivity contribution in [1.29, 1.82) is 0 Å². The average Bonchev–Trinajstić information content (AvgIpc) is 2.70. The third-order valence-corrected chi connectivity index (χ3v) is 5.77. The number of carbonyl (C=O) groups excluding carboxylic acids is 1. The zero-order valence-corrected chi connectivity index (χ0v) is 17.2. The Labute approximate surface area is 171 Å². The molecule has 3 aromatic carbocycles. The van der Waals surface area contributed by atoms with E-state index in [9.17, 15) is 13.2 Å². The summed E-state index contributed by atoms with van der Waals surface area (Å²) in [6.45, 7) is 0. The highest BCUT2D eigenvalue weighted by atomic mass is 79.9. The minimum Gasteiger partial charge on any atom is -0.495 e. The zero-order chi connectivity index (χ0) is 20.1. The van der Waals surface area contributed by atoms with Crippen molar-refractivity contribution in [2.75, 3.05) is 17.1 Å². The van der Waals surface area contributed by atoms with E-state index in [-0.39, 0.29) is 16.5 Å². The van der Waals surface area contributed by atoms with Crippen LogP contribution < -0.4 is 14.8 Å². The number of hydrogen-bond donors (Lipinski definition) is 2. The molecule has 3 aromatic rings. The first-order chi connectivity index (χ1) is 13.4. The van der Waals surface area contributed by atoms with Gasteiger partial charge in [-0.25, -0.2) is 8.42 Å². The number of amides is 1. The summed E-state index contributed by atoms with van der Waals surface area (Å²) in [5.74, 6) is -0.0128. The summed E-state index contributed by atoms with van der Waals surface area (Å²) >= 11 is 3.31. The molecule has 0 saturated carbocycles. The van der Waals surface area contributed by atoms with Gasteiger partial charge >= 0.3 is 0 Å². The maximum atomic E-state index is 12.7. The van der Waals surface area contributed by atoms with Gasteiger partial charge in [-0.15, -0.1) is 0 Å². The van der Waals surface area contributed by atoms with Crippen LogP contribution in [-0.2, 0) is 10.0 Å². The highest BCUT2D eigenvalue weighted by Gasteiger charge is 2.18. The summed E-state index contributed by atoms with van der Waals surface area (Å²) in [7, 11) is -2.40. The van der Waals surface area contributed by atoms with E-state index in [1.807, 2.05) is 0 Å². The Hall–Kier alpha value is -2.84. The normalized spacial score (nSPS) is 10.9. The first-order valence-corrected chi connectivity index (χ1v) is 10.5. The van der Waals surface area contributed by atoms with Crippen LogP contribution in [0.5, 0.6) is 5.75 Å². The second-order valence-electron chi connectivity index (χ2n) is 5.79. The van der Waals surface area contributed by atoms with Crippen molar-refractivity contribution in [3.63, 3.8) is 0 Å². The van der Waals surface area contributed by atoms with Crippen LogP contribution in [0.4, 0.5) is 11.4 Å². The second kappa shape index (κ2) is 8.45. The Balaban J connectivity index is 1.89. The van der Waals surface area contributed by atoms with Crippen LogP contribution in [0.15, 0.2) is 82.2 Å². The third kappa shape index (κ3) is 4.71. The van der Waals surface area contributed by atoms with Crippen LogP contribution >= 0.6 is 15.9 Å². The SMILES string of the molecule is COc1ccc(S(=O)(=O)Nc2ccc(Br)cc2)cc1NC(=O)c1ccccc1. The first-order valence-electron chi connectivity index (χ1n) is 8.22. The summed E-state index contributed by atoms with van der Waals surface area (Å²) in [6, 6.07) is 19.6. The van der Waals surface area contributed by atoms with Crippen LogP contribution in [0.1, 0.15) is 10.4 Å². The van der Waals surface area contributed by atoms with Crippen molar-refractivity contribution in [1.82, 2.24) is 0 Å². The highest BCUT2D eigenvalue weighted by Crippen LogP contribution is 2.29. The number of benzene rings is 3. The Morgan fingerprint density at radius 3 is 2.29 bits per heavy atom. The monoisotopic (exact) mass is 460 g/mol. The quantitative estimate of drug-likeness (QED) is 0.566. The summed E-state index contributed by atoms with van der Waals surface area (Å²) in [5, 5.41) is 2.70. The summed E-state index contributed by atoms with van der Waals surface area (Å²) < 4.78 is 34.0. The van der Waals surface area contributed by atoms with Crippen LogP contribution in [0.3, 0.4) is 0 Å². The van der Waals surface area contributed by atoms with Gasteiger partial charge in [-0.2, -0.15) is 0 Å². The van der Waals surface area contributed by atoms with Crippen molar-refractivity contribution >= 4 is 43.2 Å². The molecule has 1 amide bonds. The molecule has 0 aliphatic rings. The van der Waals surface area contributed by atoms with Crippen molar-refractivity contribution in [2.24, 2.45) is 0 Å². The second-order valence-corrected chi connectivity index (χ2v) is 8.39. The van der Waals surface area contributed by atoms with Gasteiger partial charge in [0.1, 0.15) is 5.75 Å². The van der Waals surface area contributed by atoms with Crippen LogP contribution in [0.2, 0.25) is 0 Å². The Morgan fingerprint density at radius 2 is 1.64 bits per heavy atom. The van der Waals surface area contributed by atoms with Crippen LogP contribution in [-0.4, -0.2) is 21.4 Å². The lowest BCUT2D eigenvalue weighted by molar-refractivity contribution is 0.102. The maximum absolute atomic E-state index is 12.7. The van der Waals surface area contributed by atoms with E-state index >= 15 is 0 Å². The number of anilines is 2. The number of ether oxygens (including phenoxy) is 1. The molecule has 0 bridgehead atoms. The fourth-order valence-corrected chi connectivity index (χ4v) is 3.82. The number of methoxy groups -OCH3 is 1. The zero-order valence-electron chi connectivity index (χ0n) is 14.8. The Bertz CT molecular complexity index is 1080. The van der Waals surface area contributed by atoms with Crippen molar-refractivity contribution in [2.45, 2.75) is 4.90 Å². The molecule has 0 saturated heterocycles. The number of hydrogen-bond acceptors (Lipinski definition) is 4. The summed E-state index contributed by atoms with van der Waals surface area (Å²) in [6.07, 6.45) is 0. The minimum atomic E-state index is -3.85. The highest BCUT2D eigenvalue weighted by molar-refractivity contribution is 9.10. The Morgan fingerprint density at radius 1 is 0.964 bits per heavy atom. The fraction of sp³-hybridized carbons (Fsp3) is 0.0500. The van der Waals surface area contributed by atoms with E-state index in [4.69, 9.17) is 4.74 Å². The first kappa shape index (κ1) is 19.9. The predicted octanol–water partition coefficient (Wildman–Crippen LogP) is 4.51. The largest absolute Gasteiger partial charge is 0.495 e. The summed E-state index contributed by atoms with van der Waals surface area (Å²) in [5.41, 5.74) is 1.13. The van der Waals surface area contributed by atoms with E-state index in [0.29, 0.717) is 17.0 Å². The van der Waals surface area contributed by atoms with Gasteiger partial charge < -0.3 is 10.1 Å². The van der Waals surface area contributed by atoms with Crippen molar-refractivity contribution < 1.29 is 17.9 Å². The van der Waals surface area contributed by atoms with Gasteiger partial charge in [0.25, 0.3) is 15.9 Å². The van der Waals surface area contributed by atoms with Gasteiger partial charge in [-0.1, -0.05) is 34.1 Å². The lowest BCUT2D eigenvalue weighted by Crippen LogP contribution is -2.15. The van der Waals surface area contributed by atoms with E-state index in [1.165, 1.54) is 25.3 Å². The molecule has 0 aliphatic carbocycles. The molecule has 0 heterocycles. The van der Waals surface area contributed by atoms with E-state index < -0.39 is 10.0 Å².